The van der Waals surface area contributed by atoms with Crippen molar-refractivity contribution >= 4 is 11.6 Å². The zero-order chi connectivity index (χ0) is 11.2. The van der Waals surface area contributed by atoms with Crippen LogP contribution in [-0.2, 0) is 11.3 Å². The van der Waals surface area contributed by atoms with Gasteiger partial charge in [-0.15, -0.1) is 11.6 Å². The molecule has 1 aliphatic heterocycles. The zero-order valence-electron chi connectivity index (χ0n) is 9.44. The molecule has 16 heavy (non-hydrogen) atoms. The molecule has 0 saturated carbocycles. The summed E-state index contributed by atoms with van der Waals surface area (Å²) in [5.41, 5.74) is 1.36. The fourth-order valence-electron chi connectivity index (χ4n) is 2.11. The van der Waals surface area contributed by atoms with Gasteiger partial charge in [0.15, 0.2) is 0 Å². The van der Waals surface area contributed by atoms with Crippen molar-refractivity contribution in [3.63, 3.8) is 0 Å². The average Bonchev–Trinajstić information content (AvgIpc) is 2.33. The first-order valence-electron chi connectivity index (χ1n) is 5.82. The lowest BCUT2D eigenvalue weighted by Crippen LogP contribution is -2.45. The van der Waals surface area contributed by atoms with Crippen LogP contribution < -0.4 is 0 Å². The molecule has 0 radical (unpaired) electrons. The van der Waals surface area contributed by atoms with Gasteiger partial charge in [-0.25, -0.2) is 0 Å². The topological polar surface area (TPSA) is 12.5 Å². The van der Waals surface area contributed by atoms with Crippen LogP contribution in [0.3, 0.4) is 0 Å². The van der Waals surface area contributed by atoms with Crippen LogP contribution in [0.4, 0.5) is 0 Å². The molecule has 1 heterocycles. The smallest absolute Gasteiger partial charge is 0.0623 e. The Balaban J connectivity index is 1.96. The Kier molecular flexibility index (Phi) is 4.64. The summed E-state index contributed by atoms with van der Waals surface area (Å²) in [6.45, 7) is 3.67. The molecule has 1 atom stereocenters. The SMILES string of the molecule is ClCCC1COCCN1Cc1ccccc1. The standard InChI is InChI=1S/C13H18ClNO/c14-7-6-13-11-16-9-8-15(13)10-12-4-2-1-3-5-12/h1-5,13H,6-11H2. The minimum Gasteiger partial charge on any atom is -0.378 e. The molecule has 2 nitrogen and oxygen atoms in total. The van der Waals surface area contributed by atoms with E-state index in [1.165, 1.54) is 5.56 Å². The van der Waals surface area contributed by atoms with E-state index in [9.17, 15) is 0 Å². The molecule has 1 aromatic carbocycles. The van der Waals surface area contributed by atoms with Crippen molar-refractivity contribution in [2.45, 2.75) is 19.0 Å². The van der Waals surface area contributed by atoms with Gasteiger partial charge >= 0.3 is 0 Å². The van der Waals surface area contributed by atoms with Gasteiger partial charge in [0.05, 0.1) is 13.2 Å². The van der Waals surface area contributed by atoms with Crippen molar-refractivity contribution in [2.75, 3.05) is 25.6 Å². The van der Waals surface area contributed by atoms with Crippen LogP contribution in [0, 0.1) is 0 Å². The average molecular weight is 240 g/mol. The summed E-state index contributed by atoms with van der Waals surface area (Å²) in [6.07, 6.45) is 1.01. The molecule has 3 heteroatoms. The number of rotatable bonds is 4. The summed E-state index contributed by atoms with van der Waals surface area (Å²) >= 11 is 5.82. The van der Waals surface area contributed by atoms with Gasteiger partial charge in [-0.2, -0.15) is 0 Å². The number of morpholine rings is 1. The third kappa shape index (κ3) is 3.21. The van der Waals surface area contributed by atoms with Crippen molar-refractivity contribution in [1.29, 1.82) is 0 Å². The van der Waals surface area contributed by atoms with E-state index >= 15 is 0 Å². The Labute approximate surface area is 102 Å². The van der Waals surface area contributed by atoms with E-state index in [0.29, 0.717) is 11.9 Å². The molecular formula is C13H18ClNO. The van der Waals surface area contributed by atoms with Crippen LogP contribution in [-0.4, -0.2) is 36.6 Å². The summed E-state index contributed by atoms with van der Waals surface area (Å²) < 4.78 is 5.50. The summed E-state index contributed by atoms with van der Waals surface area (Å²) in [5.74, 6) is 0.708. The maximum atomic E-state index is 5.82. The van der Waals surface area contributed by atoms with Gasteiger partial charge < -0.3 is 4.74 Å². The molecule has 0 aromatic heterocycles. The fourth-order valence-corrected chi connectivity index (χ4v) is 2.36. The van der Waals surface area contributed by atoms with Gasteiger partial charge in [0.25, 0.3) is 0 Å². The molecule has 0 bridgehead atoms. The van der Waals surface area contributed by atoms with Crippen molar-refractivity contribution in [3.05, 3.63) is 35.9 Å². The normalized spacial score (nSPS) is 22.2. The minimum atomic E-state index is 0.478. The predicted molar refractivity (Wildman–Crippen MR) is 66.8 cm³/mol. The summed E-state index contributed by atoms with van der Waals surface area (Å²) in [6, 6.07) is 11.1. The van der Waals surface area contributed by atoms with Gasteiger partial charge in [-0.05, 0) is 12.0 Å². The molecule has 1 fully saturated rings. The molecule has 1 aliphatic rings. The lowest BCUT2D eigenvalue weighted by atomic mass is 10.1. The quantitative estimate of drug-likeness (QED) is 0.749. The Hall–Kier alpha value is -0.570. The van der Waals surface area contributed by atoms with E-state index in [4.69, 9.17) is 16.3 Å². The summed E-state index contributed by atoms with van der Waals surface area (Å²) in [5, 5.41) is 0. The molecule has 0 amide bonds. The largest absolute Gasteiger partial charge is 0.378 e. The van der Waals surface area contributed by atoms with Gasteiger partial charge in [0.1, 0.15) is 0 Å². The Morgan fingerprint density at radius 2 is 2.12 bits per heavy atom. The number of ether oxygens (including phenoxy) is 1. The molecule has 0 spiro atoms. The van der Waals surface area contributed by atoms with E-state index in [1.54, 1.807) is 0 Å². The second kappa shape index (κ2) is 6.24. The number of hydrogen-bond acceptors (Lipinski definition) is 2. The Bertz CT molecular complexity index is 302. The highest BCUT2D eigenvalue weighted by Gasteiger charge is 2.22. The maximum Gasteiger partial charge on any atom is 0.0623 e. The van der Waals surface area contributed by atoms with E-state index in [2.05, 4.69) is 35.2 Å². The second-order valence-corrected chi connectivity index (χ2v) is 4.54. The number of hydrogen-bond donors (Lipinski definition) is 0. The van der Waals surface area contributed by atoms with Gasteiger partial charge in [-0.3, -0.25) is 4.90 Å². The fraction of sp³-hybridized carbons (Fsp3) is 0.538. The van der Waals surface area contributed by atoms with Crippen LogP contribution in [0.5, 0.6) is 0 Å². The lowest BCUT2D eigenvalue weighted by Gasteiger charge is -2.35. The number of benzene rings is 1. The summed E-state index contributed by atoms with van der Waals surface area (Å²) in [7, 11) is 0. The highest BCUT2D eigenvalue weighted by molar-refractivity contribution is 6.17. The van der Waals surface area contributed by atoms with Crippen molar-refractivity contribution in [1.82, 2.24) is 4.90 Å². The van der Waals surface area contributed by atoms with Crippen LogP contribution in [0.1, 0.15) is 12.0 Å². The number of halogens is 1. The maximum absolute atomic E-state index is 5.82. The Morgan fingerprint density at radius 1 is 1.31 bits per heavy atom. The Morgan fingerprint density at radius 3 is 2.88 bits per heavy atom. The van der Waals surface area contributed by atoms with E-state index < -0.39 is 0 Å². The van der Waals surface area contributed by atoms with Crippen LogP contribution >= 0.6 is 11.6 Å². The van der Waals surface area contributed by atoms with Gasteiger partial charge in [0, 0.05) is 25.0 Å². The van der Waals surface area contributed by atoms with Gasteiger partial charge in [0.2, 0.25) is 0 Å². The minimum absolute atomic E-state index is 0.478. The van der Waals surface area contributed by atoms with Crippen LogP contribution in [0.15, 0.2) is 30.3 Å². The molecule has 88 valence electrons. The number of alkyl halides is 1. The van der Waals surface area contributed by atoms with E-state index in [-0.39, 0.29) is 0 Å². The van der Waals surface area contributed by atoms with Gasteiger partial charge in [-0.1, -0.05) is 30.3 Å². The first-order valence-corrected chi connectivity index (χ1v) is 6.35. The lowest BCUT2D eigenvalue weighted by molar-refractivity contribution is -0.0124. The monoisotopic (exact) mass is 239 g/mol. The highest BCUT2D eigenvalue weighted by Crippen LogP contribution is 2.15. The van der Waals surface area contributed by atoms with Crippen LogP contribution in [0.25, 0.3) is 0 Å². The molecule has 1 unspecified atom stereocenters. The van der Waals surface area contributed by atoms with Crippen molar-refractivity contribution in [3.8, 4) is 0 Å². The van der Waals surface area contributed by atoms with E-state index in [0.717, 1.165) is 32.7 Å². The summed E-state index contributed by atoms with van der Waals surface area (Å²) in [4.78, 5) is 2.47. The molecule has 2 rings (SSSR count). The third-order valence-corrected chi connectivity index (χ3v) is 3.24. The van der Waals surface area contributed by atoms with Crippen molar-refractivity contribution in [2.24, 2.45) is 0 Å². The second-order valence-electron chi connectivity index (χ2n) is 4.16. The molecule has 0 aliphatic carbocycles. The number of nitrogens with zero attached hydrogens (tertiary/aromatic N) is 1. The zero-order valence-corrected chi connectivity index (χ0v) is 10.2. The van der Waals surface area contributed by atoms with E-state index in [1.807, 2.05) is 0 Å². The van der Waals surface area contributed by atoms with Crippen LogP contribution in [0.2, 0.25) is 0 Å². The highest BCUT2D eigenvalue weighted by atomic mass is 35.5. The first-order chi connectivity index (χ1) is 7.90. The third-order valence-electron chi connectivity index (χ3n) is 3.02. The predicted octanol–water partition coefficient (Wildman–Crippen LogP) is 2.52. The molecule has 0 N–H and O–H groups in total. The van der Waals surface area contributed by atoms with Crippen molar-refractivity contribution < 1.29 is 4.74 Å². The molecule has 1 saturated heterocycles. The first kappa shape index (κ1) is 11.9. The molecule has 1 aromatic rings. The molecular weight excluding hydrogens is 222 g/mol.